The number of carbonyl (C=O) groups excluding carboxylic acids is 1. The van der Waals surface area contributed by atoms with Crippen LogP contribution in [0.5, 0.6) is 0 Å². The van der Waals surface area contributed by atoms with Crippen molar-refractivity contribution in [2.75, 3.05) is 20.3 Å². The predicted octanol–water partition coefficient (Wildman–Crippen LogP) is 0.837. The van der Waals surface area contributed by atoms with Crippen LogP contribution in [-0.4, -0.2) is 52.8 Å². The lowest BCUT2D eigenvalue weighted by Crippen LogP contribution is -2.57. The topological polar surface area (TPSA) is 91.8 Å². The highest BCUT2D eigenvalue weighted by Crippen LogP contribution is 2.20. The van der Waals surface area contributed by atoms with E-state index in [9.17, 15) is 14.7 Å². The summed E-state index contributed by atoms with van der Waals surface area (Å²) in [5, 5.41) is 11.8. The number of hydrogen-bond acceptors (Lipinski definition) is 5. The molecule has 0 saturated carbocycles. The van der Waals surface area contributed by atoms with Crippen molar-refractivity contribution in [3.05, 3.63) is 16.1 Å². The lowest BCUT2D eigenvalue weighted by Gasteiger charge is -2.27. The minimum atomic E-state index is -1.31. The van der Waals surface area contributed by atoms with E-state index in [1.54, 1.807) is 12.6 Å². The van der Waals surface area contributed by atoms with E-state index in [1.165, 1.54) is 16.2 Å². The molecule has 1 aliphatic rings. The van der Waals surface area contributed by atoms with Gasteiger partial charge >= 0.3 is 12.0 Å². The van der Waals surface area contributed by atoms with Gasteiger partial charge < -0.3 is 20.1 Å². The molecule has 2 amide bonds. The summed E-state index contributed by atoms with van der Waals surface area (Å²) in [5.41, 5.74) is 1.29. The van der Waals surface area contributed by atoms with Crippen LogP contribution in [0, 0.1) is 6.92 Å². The fourth-order valence-electron chi connectivity index (χ4n) is 1.95. The van der Waals surface area contributed by atoms with E-state index in [2.05, 4.69) is 10.3 Å². The van der Waals surface area contributed by atoms with Crippen molar-refractivity contribution in [2.45, 2.75) is 25.4 Å². The highest BCUT2D eigenvalue weighted by atomic mass is 32.1. The predicted molar refractivity (Wildman–Crippen MR) is 72.7 cm³/mol. The number of aryl methyl sites for hydroxylation is 1. The van der Waals surface area contributed by atoms with Gasteiger partial charge in [-0.1, -0.05) is 0 Å². The molecule has 1 atom stereocenters. The molecule has 0 aromatic carbocycles. The lowest BCUT2D eigenvalue weighted by atomic mass is 9.99. The van der Waals surface area contributed by atoms with E-state index < -0.39 is 17.5 Å². The number of rotatable bonds is 4. The number of carboxylic acids is 1. The Morgan fingerprint density at radius 3 is 2.90 bits per heavy atom. The smallest absolute Gasteiger partial charge is 0.332 e. The second-order valence-corrected chi connectivity index (χ2v) is 5.78. The normalized spacial score (nSPS) is 21.7. The Morgan fingerprint density at radius 2 is 2.40 bits per heavy atom. The molecular weight excluding hydrogens is 282 g/mol. The highest BCUT2D eigenvalue weighted by molar-refractivity contribution is 7.09. The molecule has 2 heterocycles. The Morgan fingerprint density at radius 1 is 1.65 bits per heavy atom. The first-order valence-corrected chi connectivity index (χ1v) is 7.06. The second-order valence-electron chi connectivity index (χ2n) is 4.84. The molecule has 2 rings (SSSR count). The zero-order chi connectivity index (χ0) is 14.8. The van der Waals surface area contributed by atoms with E-state index in [1.807, 2.05) is 6.92 Å². The van der Waals surface area contributed by atoms with E-state index in [4.69, 9.17) is 4.74 Å². The summed E-state index contributed by atoms with van der Waals surface area (Å²) < 4.78 is 5.11. The summed E-state index contributed by atoms with van der Waals surface area (Å²) in [5.74, 6) is -1.06. The molecule has 1 fully saturated rings. The van der Waals surface area contributed by atoms with E-state index in [-0.39, 0.29) is 13.0 Å². The first-order chi connectivity index (χ1) is 9.44. The van der Waals surface area contributed by atoms with Gasteiger partial charge in [-0.15, -0.1) is 11.3 Å². The molecule has 1 unspecified atom stereocenters. The van der Waals surface area contributed by atoms with Gasteiger partial charge in [-0.25, -0.2) is 14.6 Å². The van der Waals surface area contributed by atoms with Gasteiger partial charge in [0.15, 0.2) is 5.54 Å². The molecule has 7 nitrogen and oxygen atoms in total. The maximum atomic E-state index is 12.1. The summed E-state index contributed by atoms with van der Waals surface area (Å²) in [7, 11) is 1.62. The first kappa shape index (κ1) is 14.7. The van der Waals surface area contributed by atoms with Gasteiger partial charge in [0.2, 0.25) is 0 Å². The standard InChI is InChI=1S/C12H17N3O4S/c1-8-9(20-7-13-8)5-15(2)11(18)14-12(10(16)17)3-4-19-6-12/h7H,3-6H2,1-2H3,(H,14,18)(H,16,17). The number of nitrogens with one attached hydrogen (secondary N) is 1. The molecule has 0 aliphatic carbocycles. The number of ether oxygens (including phenoxy) is 1. The van der Waals surface area contributed by atoms with Crippen LogP contribution in [0.15, 0.2) is 5.51 Å². The maximum absolute atomic E-state index is 12.1. The summed E-state index contributed by atoms with van der Waals surface area (Å²) in [4.78, 5) is 30.0. The maximum Gasteiger partial charge on any atom is 0.332 e. The number of hydrogen-bond donors (Lipinski definition) is 2. The Balaban J connectivity index is 2.00. The third-order valence-electron chi connectivity index (χ3n) is 3.35. The lowest BCUT2D eigenvalue weighted by molar-refractivity contribution is -0.144. The third kappa shape index (κ3) is 2.91. The third-order valence-corrected chi connectivity index (χ3v) is 4.27. The van der Waals surface area contributed by atoms with Crippen LogP contribution >= 0.6 is 11.3 Å². The van der Waals surface area contributed by atoms with Crippen molar-refractivity contribution in [2.24, 2.45) is 0 Å². The number of nitrogens with zero attached hydrogens (tertiary/aromatic N) is 2. The Bertz CT molecular complexity index is 511. The molecular formula is C12H17N3O4S. The number of carboxylic acid groups (broad SMARTS) is 1. The number of carbonyl (C=O) groups is 2. The Kier molecular flexibility index (Phi) is 4.24. The van der Waals surface area contributed by atoms with Crippen molar-refractivity contribution in [3.8, 4) is 0 Å². The summed E-state index contributed by atoms with van der Waals surface area (Å²) in [6.45, 7) is 2.62. The fraction of sp³-hybridized carbons (Fsp3) is 0.583. The van der Waals surface area contributed by atoms with Gasteiger partial charge in [0, 0.05) is 25.0 Å². The SMILES string of the molecule is Cc1ncsc1CN(C)C(=O)NC1(C(=O)O)CCOC1. The average Bonchev–Trinajstić information content (AvgIpc) is 3.00. The minimum absolute atomic E-state index is 0.00149. The van der Waals surface area contributed by atoms with E-state index in [0.717, 1.165) is 10.6 Å². The van der Waals surface area contributed by atoms with Gasteiger partial charge in [0.25, 0.3) is 0 Å². The van der Waals surface area contributed by atoms with Crippen molar-refractivity contribution >= 4 is 23.3 Å². The number of thiazole rings is 1. The number of urea groups is 1. The minimum Gasteiger partial charge on any atom is -0.479 e. The summed E-state index contributed by atoms with van der Waals surface area (Å²) in [6, 6.07) is -0.425. The van der Waals surface area contributed by atoms with Crippen LogP contribution in [0.2, 0.25) is 0 Å². The molecule has 1 aromatic rings. The fourth-order valence-corrected chi connectivity index (χ4v) is 2.78. The van der Waals surface area contributed by atoms with Gasteiger partial charge in [0.05, 0.1) is 24.4 Å². The molecule has 20 heavy (non-hydrogen) atoms. The monoisotopic (exact) mass is 299 g/mol. The number of amides is 2. The molecule has 1 aromatic heterocycles. The molecule has 2 N–H and O–H groups in total. The van der Waals surface area contributed by atoms with Gasteiger partial charge in [-0.05, 0) is 6.92 Å². The summed E-state index contributed by atoms with van der Waals surface area (Å²) >= 11 is 1.47. The average molecular weight is 299 g/mol. The molecule has 0 radical (unpaired) electrons. The molecule has 110 valence electrons. The zero-order valence-corrected chi connectivity index (χ0v) is 12.2. The second kappa shape index (κ2) is 5.76. The molecule has 1 aliphatic heterocycles. The van der Waals surface area contributed by atoms with Crippen molar-refractivity contribution in [3.63, 3.8) is 0 Å². The molecule has 8 heteroatoms. The zero-order valence-electron chi connectivity index (χ0n) is 11.4. The van der Waals surface area contributed by atoms with Gasteiger partial charge in [-0.2, -0.15) is 0 Å². The Labute approximate surface area is 120 Å². The Hall–Kier alpha value is -1.67. The number of aromatic nitrogens is 1. The summed E-state index contributed by atoms with van der Waals surface area (Å²) in [6.07, 6.45) is 0.279. The van der Waals surface area contributed by atoms with Crippen molar-refractivity contribution < 1.29 is 19.4 Å². The van der Waals surface area contributed by atoms with Crippen LogP contribution in [0.3, 0.4) is 0 Å². The van der Waals surface area contributed by atoms with Crippen molar-refractivity contribution in [1.29, 1.82) is 0 Å². The molecule has 1 saturated heterocycles. The van der Waals surface area contributed by atoms with Gasteiger partial charge in [-0.3, -0.25) is 0 Å². The largest absolute Gasteiger partial charge is 0.479 e. The van der Waals surface area contributed by atoms with Gasteiger partial charge in [0.1, 0.15) is 0 Å². The molecule has 0 bridgehead atoms. The van der Waals surface area contributed by atoms with E-state index >= 15 is 0 Å². The van der Waals surface area contributed by atoms with Crippen LogP contribution < -0.4 is 5.32 Å². The number of aliphatic carboxylic acids is 1. The van der Waals surface area contributed by atoms with Crippen LogP contribution in [-0.2, 0) is 16.1 Å². The first-order valence-electron chi connectivity index (χ1n) is 6.18. The van der Waals surface area contributed by atoms with Crippen LogP contribution in [0.4, 0.5) is 4.79 Å². The highest BCUT2D eigenvalue weighted by Gasteiger charge is 2.44. The van der Waals surface area contributed by atoms with Crippen LogP contribution in [0.1, 0.15) is 17.0 Å². The van der Waals surface area contributed by atoms with Crippen molar-refractivity contribution in [1.82, 2.24) is 15.2 Å². The van der Waals surface area contributed by atoms with E-state index in [0.29, 0.717) is 13.2 Å². The van der Waals surface area contributed by atoms with Crippen LogP contribution in [0.25, 0.3) is 0 Å². The quantitative estimate of drug-likeness (QED) is 0.859. The molecule has 0 spiro atoms.